The van der Waals surface area contributed by atoms with Gasteiger partial charge in [-0.1, -0.05) is 280 Å². The number of likely N-dealkylation sites (N-methyl/N-ethyl adjacent to an activating group) is 1. The number of ether oxygens (including phenoxy) is 1. The molecule has 0 radical (unpaired) electrons. The molecular formula is C73H134N2O7P+. The fraction of sp³-hybridized carbons (Fsp3) is 0.781. The van der Waals surface area contributed by atoms with Crippen molar-refractivity contribution in [3.63, 3.8) is 0 Å². The van der Waals surface area contributed by atoms with Gasteiger partial charge < -0.3 is 19.4 Å². The molecule has 3 atom stereocenters. The van der Waals surface area contributed by atoms with Gasteiger partial charge in [0, 0.05) is 12.8 Å². The average Bonchev–Trinajstić information content (AvgIpc) is 3.46. The van der Waals surface area contributed by atoms with Crippen molar-refractivity contribution in [1.82, 2.24) is 5.32 Å². The number of quaternary nitrogens is 1. The maximum atomic E-state index is 13.6. The van der Waals surface area contributed by atoms with Gasteiger partial charge in [0.25, 0.3) is 0 Å². The van der Waals surface area contributed by atoms with Crippen molar-refractivity contribution in [3.8, 4) is 0 Å². The summed E-state index contributed by atoms with van der Waals surface area (Å²) in [6, 6.07) is -0.866. The zero-order valence-electron chi connectivity index (χ0n) is 55.2. The summed E-state index contributed by atoms with van der Waals surface area (Å²) in [5.41, 5.74) is 0. The molecule has 0 spiro atoms. The normalized spacial score (nSPS) is 14.1. The van der Waals surface area contributed by atoms with E-state index in [1.807, 2.05) is 33.3 Å². The van der Waals surface area contributed by atoms with Crippen LogP contribution in [-0.4, -0.2) is 74.3 Å². The number of esters is 1. The highest BCUT2D eigenvalue weighted by Gasteiger charge is 2.30. The number of hydrogen-bond acceptors (Lipinski definition) is 6. The van der Waals surface area contributed by atoms with Gasteiger partial charge in [0.05, 0.1) is 33.8 Å². The van der Waals surface area contributed by atoms with Crippen LogP contribution >= 0.6 is 7.82 Å². The molecule has 0 bridgehead atoms. The second-order valence-electron chi connectivity index (χ2n) is 24.7. The summed E-state index contributed by atoms with van der Waals surface area (Å²) in [6.45, 7) is 6.97. The molecule has 9 nitrogen and oxygen atoms in total. The van der Waals surface area contributed by atoms with E-state index in [9.17, 15) is 19.0 Å². The van der Waals surface area contributed by atoms with Crippen molar-refractivity contribution in [3.05, 3.63) is 85.1 Å². The van der Waals surface area contributed by atoms with E-state index in [2.05, 4.69) is 99.0 Å². The summed E-state index contributed by atoms with van der Waals surface area (Å²) < 4.78 is 30.8. The van der Waals surface area contributed by atoms with Gasteiger partial charge in [-0.2, -0.15) is 0 Å². The van der Waals surface area contributed by atoms with E-state index in [1.54, 1.807) is 0 Å². The Morgan fingerprint density at radius 3 is 1.13 bits per heavy atom. The maximum Gasteiger partial charge on any atom is 0.472 e. The van der Waals surface area contributed by atoms with Crippen LogP contribution in [0.3, 0.4) is 0 Å². The number of nitrogens with one attached hydrogen (secondary N) is 1. The third-order valence-electron chi connectivity index (χ3n) is 15.3. The van der Waals surface area contributed by atoms with Crippen LogP contribution in [0.5, 0.6) is 0 Å². The molecule has 0 rings (SSSR count). The summed E-state index contributed by atoms with van der Waals surface area (Å²) in [4.78, 5) is 37.9. The lowest BCUT2D eigenvalue weighted by Crippen LogP contribution is -2.47. The largest absolute Gasteiger partial charge is 0.472 e. The number of phosphoric acid groups is 1. The second kappa shape index (κ2) is 62.2. The molecule has 0 fully saturated rings. The van der Waals surface area contributed by atoms with E-state index in [-0.39, 0.29) is 31.5 Å². The zero-order valence-corrected chi connectivity index (χ0v) is 56.1. The molecule has 3 unspecified atom stereocenters. The Balaban J connectivity index is 5.16. The molecule has 2 N–H and O–H groups in total. The van der Waals surface area contributed by atoms with Crippen LogP contribution in [0, 0.1) is 0 Å². The first-order chi connectivity index (χ1) is 40.4. The molecule has 0 aliphatic heterocycles. The molecule has 0 aliphatic rings. The third-order valence-corrected chi connectivity index (χ3v) is 16.3. The summed E-state index contributed by atoms with van der Waals surface area (Å²) in [5.74, 6) is -0.534. The summed E-state index contributed by atoms with van der Waals surface area (Å²) in [5, 5.41) is 3.06. The quantitative estimate of drug-likeness (QED) is 0.0205. The van der Waals surface area contributed by atoms with Gasteiger partial charge in [-0.3, -0.25) is 18.6 Å². The molecule has 83 heavy (non-hydrogen) atoms. The lowest BCUT2D eigenvalue weighted by Gasteiger charge is -2.27. The standard InChI is InChI=1S/C73H133N2O7P/c1-7-10-13-16-19-22-25-28-30-32-34-35-36-37-38-39-41-42-44-47-50-53-56-59-62-65-72(76)74-70(69-81-83(78,79)80-68-67-75(4,5)6)71(64-61-58-55-52-49-46-27-24-21-18-15-12-9-3)82-73(77)66-63-60-57-54-51-48-45-43-40-33-31-29-26-23-20-17-14-11-8-2/h19-20,22-23,28-31,40,43,48,51,61,64,70-71H,7-18,21,24-27,32-39,41-42,44-47,49-50,52-60,62-63,65-69H2,1-6H3,(H-,74,76,78,79)/p+1/b22-19-,23-20-,30-28-,31-29-,43-40-,51-48-,64-61-. The Hall–Kier alpha value is -2.81. The topological polar surface area (TPSA) is 111 Å². The summed E-state index contributed by atoms with van der Waals surface area (Å²) >= 11 is 0. The van der Waals surface area contributed by atoms with Crippen molar-refractivity contribution in [1.29, 1.82) is 0 Å². The SMILES string of the molecule is CCCCC/C=C\C/C=C\C/C=C\C/C=C\CCCCCC(=O)OC(/C=C\CCCCCCCCCCCCC)C(COP(=O)(O)OCC[N+](C)(C)C)NC(=O)CCCCCCCCCCCCCCCCC/C=C\C/C=C\CCCCC. The number of carbonyl (C=O) groups is 2. The monoisotopic (exact) mass is 1180 g/mol. The third kappa shape index (κ3) is 63.5. The molecular weight excluding hydrogens is 1050 g/mol. The highest BCUT2D eigenvalue weighted by Crippen LogP contribution is 2.43. The van der Waals surface area contributed by atoms with Crippen molar-refractivity contribution in [2.45, 2.75) is 328 Å². The lowest BCUT2D eigenvalue weighted by molar-refractivity contribution is -0.870. The predicted octanol–water partition coefficient (Wildman–Crippen LogP) is 22.1. The van der Waals surface area contributed by atoms with Crippen molar-refractivity contribution in [2.75, 3.05) is 40.9 Å². The number of unbranched alkanes of at least 4 members (excludes halogenated alkanes) is 35. The Bertz CT molecular complexity index is 1700. The number of phosphoric ester groups is 1. The lowest BCUT2D eigenvalue weighted by atomic mass is 10.0. The fourth-order valence-electron chi connectivity index (χ4n) is 9.90. The molecule has 0 aromatic rings. The number of allylic oxidation sites excluding steroid dienone is 13. The molecule has 0 aromatic carbocycles. The van der Waals surface area contributed by atoms with E-state index < -0.39 is 20.0 Å². The second-order valence-corrected chi connectivity index (χ2v) is 26.1. The molecule has 0 saturated carbocycles. The smallest absolute Gasteiger partial charge is 0.456 e. The highest BCUT2D eigenvalue weighted by molar-refractivity contribution is 7.47. The molecule has 1 amide bonds. The number of rotatable bonds is 63. The first-order valence-electron chi connectivity index (χ1n) is 34.9. The van der Waals surface area contributed by atoms with Crippen molar-refractivity contribution in [2.24, 2.45) is 0 Å². The maximum absolute atomic E-state index is 13.6. The van der Waals surface area contributed by atoms with Crippen LogP contribution < -0.4 is 5.32 Å². The molecule has 482 valence electrons. The minimum absolute atomic E-state index is 0.0327. The molecule has 0 saturated heterocycles. The van der Waals surface area contributed by atoms with Crippen LogP contribution in [0.25, 0.3) is 0 Å². The van der Waals surface area contributed by atoms with Gasteiger partial charge in [0.15, 0.2) is 0 Å². The molecule has 10 heteroatoms. The minimum atomic E-state index is -4.46. The molecule has 0 heterocycles. The predicted molar refractivity (Wildman–Crippen MR) is 360 cm³/mol. The van der Waals surface area contributed by atoms with E-state index in [4.69, 9.17) is 13.8 Å². The van der Waals surface area contributed by atoms with Crippen LogP contribution in [0.4, 0.5) is 0 Å². The first-order valence-corrected chi connectivity index (χ1v) is 36.4. The van der Waals surface area contributed by atoms with E-state index in [1.165, 1.54) is 193 Å². The van der Waals surface area contributed by atoms with E-state index >= 15 is 0 Å². The van der Waals surface area contributed by atoms with Crippen LogP contribution in [0.15, 0.2) is 85.1 Å². The average molecular weight is 1180 g/mol. The zero-order chi connectivity index (χ0) is 60.7. The van der Waals surface area contributed by atoms with Gasteiger partial charge in [0.2, 0.25) is 5.91 Å². The minimum Gasteiger partial charge on any atom is -0.456 e. The highest BCUT2D eigenvalue weighted by atomic mass is 31.2. The van der Waals surface area contributed by atoms with Gasteiger partial charge in [-0.15, -0.1) is 0 Å². The van der Waals surface area contributed by atoms with Crippen LogP contribution in [0.2, 0.25) is 0 Å². The summed E-state index contributed by atoms with van der Waals surface area (Å²) in [7, 11) is 1.48. The number of nitrogens with zero attached hydrogens (tertiary/aromatic N) is 1. The fourth-order valence-corrected chi connectivity index (χ4v) is 10.6. The van der Waals surface area contributed by atoms with Crippen LogP contribution in [-0.2, 0) is 27.9 Å². The van der Waals surface area contributed by atoms with Gasteiger partial charge in [-0.25, -0.2) is 4.57 Å². The van der Waals surface area contributed by atoms with Gasteiger partial charge in [-0.05, 0) is 109 Å². The Labute approximate surface area is 514 Å². The van der Waals surface area contributed by atoms with Crippen molar-refractivity contribution < 1.29 is 37.3 Å². The number of amides is 1. The Morgan fingerprint density at radius 1 is 0.422 bits per heavy atom. The number of carbonyl (C=O) groups excluding carboxylic acids is 2. The first kappa shape index (κ1) is 80.2. The number of hydrogen-bond donors (Lipinski definition) is 2. The van der Waals surface area contributed by atoms with Crippen molar-refractivity contribution >= 4 is 19.7 Å². The molecule has 0 aliphatic carbocycles. The molecule has 0 aromatic heterocycles. The van der Waals surface area contributed by atoms with Gasteiger partial charge >= 0.3 is 13.8 Å². The van der Waals surface area contributed by atoms with E-state index in [0.717, 1.165) is 83.5 Å². The Morgan fingerprint density at radius 2 is 0.735 bits per heavy atom. The van der Waals surface area contributed by atoms with E-state index in [0.29, 0.717) is 23.9 Å². The van der Waals surface area contributed by atoms with Gasteiger partial charge in [0.1, 0.15) is 19.3 Å². The van der Waals surface area contributed by atoms with Crippen LogP contribution in [0.1, 0.15) is 316 Å². The summed E-state index contributed by atoms with van der Waals surface area (Å²) in [6.07, 6.45) is 83.0. The Kier molecular flexibility index (Phi) is 60.1.